The molecular weight excluding hydrogens is 236 g/mol. The van der Waals surface area contributed by atoms with Crippen molar-refractivity contribution < 1.29 is 9.53 Å². The van der Waals surface area contributed by atoms with Crippen LogP contribution < -0.4 is 4.74 Å². The van der Waals surface area contributed by atoms with E-state index in [1.54, 1.807) is 7.11 Å². The zero-order valence-electron chi connectivity index (χ0n) is 11.3. The van der Waals surface area contributed by atoms with Crippen LogP contribution in [-0.2, 0) is 12.8 Å². The monoisotopic (exact) mass is 254 g/mol. The van der Waals surface area contributed by atoms with E-state index in [1.807, 2.05) is 48.5 Å². The first kappa shape index (κ1) is 13.3. The fourth-order valence-corrected chi connectivity index (χ4v) is 2.09. The smallest absolute Gasteiger partial charge is 0.167 e. The summed E-state index contributed by atoms with van der Waals surface area (Å²) in [5, 5.41) is 0. The molecule has 0 heterocycles. The SMILES string of the molecule is CCc1cccc(C(=O)Cc2ccccc2OC)c1. The summed E-state index contributed by atoms with van der Waals surface area (Å²) in [6.45, 7) is 2.09. The van der Waals surface area contributed by atoms with Gasteiger partial charge in [0.05, 0.1) is 7.11 Å². The lowest BCUT2D eigenvalue weighted by Crippen LogP contribution is -2.05. The Kier molecular flexibility index (Phi) is 4.35. The number of aryl methyl sites for hydroxylation is 1. The van der Waals surface area contributed by atoms with E-state index < -0.39 is 0 Å². The lowest BCUT2D eigenvalue weighted by molar-refractivity contribution is 0.0992. The van der Waals surface area contributed by atoms with E-state index in [0.717, 1.165) is 23.3 Å². The van der Waals surface area contributed by atoms with Gasteiger partial charge in [0, 0.05) is 17.5 Å². The number of carbonyl (C=O) groups excluding carboxylic acids is 1. The highest BCUT2D eigenvalue weighted by atomic mass is 16.5. The number of ether oxygens (including phenoxy) is 1. The van der Waals surface area contributed by atoms with Gasteiger partial charge in [-0.15, -0.1) is 0 Å². The lowest BCUT2D eigenvalue weighted by atomic mass is 10.00. The third-order valence-corrected chi connectivity index (χ3v) is 3.20. The van der Waals surface area contributed by atoms with Crippen molar-refractivity contribution in [2.75, 3.05) is 7.11 Å². The highest BCUT2D eigenvalue weighted by molar-refractivity contribution is 5.97. The van der Waals surface area contributed by atoms with Gasteiger partial charge in [0.25, 0.3) is 0 Å². The first-order valence-electron chi connectivity index (χ1n) is 6.48. The maximum absolute atomic E-state index is 12.3. The van der Waals surface area contributed by atoms with Crippen LogP contribution >= 0.6 is 0 Å². The van der Waals surface area contributed by atoms with Gasteiger partial charge in [-0.2, -0.15) is 0 Å². The Bertz CT molecular complexity index is 573. The van der Waals surface area contributed by atoms with Crippen LogP contribution in [0.25, 0.3) is 0 Å². The van der Waals surface area contributed by atoms with Crippen LogP contribution in [-0.4, -0.2) is 12.9 Å². The fourth-order valence-electron chi connectivity index (χ4n) is 2.09. The van der Waals surface area contributed by atoms with Gasteiger partial charge in [-0.3, -0.25) is 4.79 Å². The first-order chi connectivity index (χ1) is 9.24. The predicted octanol–water partition coefficient (Wildman–Crippen LogP) is 3.68. The summed E-state index contributed by atoms with van der Waals surface area (Å²) in [6.07, 6.45) is 1.31. The number of benzene rings is 2. The molecule has 0 aliphatic carbocycles. The Balaban J connectivity index is 2.20. The predicted molar refractivity (Wildman–Crippen MR) is 76.8 cm³/mol. The molecule has 0 radical (unpaired) electrons. The number of para-hydroxylation sites is 1. The topological polar surface area (TPSA) is 26.3 Å². The van der Waals surface area contributed by atoms with Gasteiger partial charge in [0.2, 0.25) is 0 Å². The molecule has 0 saturated heterocycles. The normalized spacial score (nSPS) is 10.2. The van der Waals surface area contributed by atoms with Crippen LogP contribution in [0.3, 0.4) is 0 Å². The number of Topliss-reactive ketones (excluding diaryl/α,β-unsaturated/α-hetero) is 1. The molecule has 2 rings (SSSR count). The number of rotatable bonds is 5. The average Bonchev–Trinajstić information content (AvgIpc) is 2.47. The van der Waals surface area contributed by atoms with Crippen molar-refractivity contribution in [3.05, 3.63) is 65.2 Å². The number of hydrogen-bond donors (Lipinski definition) is 0. The summed E-state index contributed by atoms with van der Waals surface area (Å²) in [7, 11) is 1.63. The zero-order chi connectivity index (χ0) is 13.7. The summed E-state index contributed by atoms with van der Waals surface area (Å²) in [5.41, 5.74) is 2.88. The number of carbonyl (C=O) groups is 1. The van der Waals surface area contributed by atoms with Crippen molar-refractivity contribution >= 4 is 5.78 Å². The van der Waals surface area contributed by atoms with Gasteiger partial charge in [-0.25, -0.2) is 0 Å². The Morgan fingerprint density at radius 3 is 2.63 bits per heavy atom. The molecule has 2 nitrogen and oxygen atoms in total. The maximum Gasteiger partial charge on any atom is 0.167 e. The van der Waals surface area contributed by atoms with E-state index in [4.69, 9.17) is 4.74 Å². The third-order valence-electron chi connectivity index (χ3n) is 3.20. The molecule has 0 bridgehead atoms. The van der Waals surface area contributed by atoms with Gasteiger partial charge < -0.3 is 4.74 Å². The standard InChI is InChI=1S/C17H18O2/c1-3-13-7-6-9-14(11-13)16(18)12-15-8-4-5-10-17(15)19-2/h4-11H,3,12H2,1-2H3. The van der Waals surface area contributed by atoms with Crippen molar-refractivity contribution in [3.8, 4) is 5.75 Å². The third kappa shape index (κ3) is 3.22. The van der Waals surface area contributed by atoms with Gasteiger partial charge in [0.1, 0.15) is 5.75 Å². The van der Waals surface area contributed by atoms with Crippen molar-refractivity contribution in [1.29, 1.82) is 0 Å². The van der Waals surface area contributed by atoms with Crippen LogP contribution in [0.1, 0.15) is 28.4 Å². The summed E-state index contributed by atoms with van der Waals surface area (Å²) in [5.74, 6) is 0.891. The zero-order valence-corrected chi connectivity index (χ0v) is 11.3. The number of ketones is 1. The van der Waals surface area contributed by atoms with E-state index in [2.05, 4.69) is 6.92 Å². The largest absolute Gasteiger partial charge is 0.496 e. The van der Waals surface area contributed by atoms with E-state index in [0.29, 0.717) is 6.42 Å². The molecule has 0 aliphatic rings. The van der Waals surface area contributed by atoms with E-state index in [-0.39, 0.29) is 5.78 Å². The molecule has 2 heteroatoms. The number of methoxy groups -OCH3 is 1. The van der Waals surface area contributed by atoms with Crippen LogP contribution in [0, 0.1) is 0 Å². The highest BCUT2D eigenvalue weighted by Crippen LogP contribution is 2.19. The summed E-state index contributed by atoms with van der Waals surface area (Å²) in [4.78, 5) is 12.3. The van der Waals surface area contributed by atoms with E-state index in [9.17, 15) is 4.79 Å². The van der Waals surface area contributed by atoms with Crippen LogP contribution in [0.5, 0.6) is 5.75 Å². The fraction of sp³-hybridized carbons (Fsp3) is 0.235. The molecule has 0 aliphatic heterocycles. The molecule has 0 unspecified atom stereocenters. The van der Waals surface area contributed by atoms with Crippen molar-refractivity contribution in [2.24, 2.45) is 0 Å². The Morgan fingerprint density at radius 1 is 1.11 bits per heavy atom. The maximum atomic E-state index is 12.3. The van der Waals surface area contributed by atoms with Gasteiger partial charge in [-0.05, 0) is 24.1 Å². The highest BCUT2D eigenvalue weighted by Gasteiger charge is 2.10. The van der Waals surface area contributed by atoms with Crippen LogP contribution in [0.4, 0.5) is 0 Å². The minimum atomic E-state index is 0.125. The molecule has 98 valence electrons. The van der Waals surface area contributed by atoms with Crippen molar-refractivity contribution in [2.45, 2.75) is 19.8 Å². The first-order valence-corrected chi connectivity index (χ1v) is 6.48. The second kappa shape index (κ2) is 6.19. The molecule has 0 atom stereocenters. The quantitative estimate of drug-likeness (QED) is 0.761. The molecule has 0 fully saturated rings. The Hall–Kier alpha value is -2.09. The lowest BCUT2D eigenvalue weighted by Gasteiger charge is -2.08. The average molecular weight is 254 g/mol. The minimum Gasteiger partial charge on any atom is -0.496 e. The Labute approximate surface area is 114 Å². The number of hydrogen-bond acceptors (Lipinski definition) is 2. The molecule has 0 N–H and O–H groups in total. The van der Waals surface area contributed by atoms with E-state index in [1.165, 1.54) is 5.56 Å². The second-order valence-corrected chi connectivity index (χ2v) is 4.47. The summed E-state index contributed by atoms with van der Waals surface area (Å²) < 4.78 is 5.27. The van der Waals surface area contributed by atoms with E-state index >= 15 is 0 Å². The van der Waals surface area contributed by atoms with Crippen molar-refractivity contribution in [1.82, 2.24) is 0 Å². The second-order valence-electron chi connectivity index (χ2n) is 4.47. The van der Waals surface area contributed by atoms with Gasteiger partial charge in [0.15, 0.2) is 5.78 Å². The van der Waals surface area contributed by atoms with Crippen LogP contribution in [0.2, 0.25) is 0 Å². The minimum absolute atomic E-state index is 0.125. The molecular formula is C17H18O2. The molecule has 0 saturated carbocycles. The van der Waals surface area contributed by atoms with Gasteiger partial charge >= 0.3 is 0 Å². The Morgan fingerprint density at radius 2 is 1.89 bits per heavy atom. The molecule has 0 amide bonds. The molecule has 0 spiro atoms. The molecule has 0 aromatic heterocycles. The van der Waals surface area contributed by atoms with Crippen molar-refractivity contribution in [3.63, 3.8) is 0 Å². The van der Waals surface area contributed by atoms with Gasteiger partial charge in [-0.1, -0.05) is 43.3 Å². The molecule has 2 aromatic rings. The summed E-state index contributed by atoms with van der Waals surface area (Å²) in [6, 6.07) is 15.5. The molecule has 2 aromatic carbocycles. The van der Waals surface area contributed by atoms with Crippen LogP contribution in [0.15, 0.2) is 48.5 Å². The summed E-state index contributed by atoms with van der Waals surface area (Å²) >= 11 is 0. The molecule has 19 heavy (non-hydrogen) atoms.